The first-order chi connectivity index (χ1) is 7.67. The summed E-state index contributed by atoms with van der Waals surface area (Å²) >= 11 is 3.69. The lowest BCUT2D eigenvalue weighted by Crippen LogP contribution is -2.41. The van der Waals surface area contributed by atoms with E-state index in [1.165, 1.54) is 16.2 Å². The second-order valence-corrected chi connectivity index (χ2v) is 6.67. The Bertz CT molecular complexity index is 488. The number of nitrogens with one attached hydrogen (secondary N) is 1. The van der Waals surface area contributed by atoms with Crippen LogP contribution in [-0.2, 0) is 10.0 Å². The van der Waals surface area contributed by atoms with E-state index in [0.29, 0.717) is 0 Å². The molecule has 0 saturated carbocycles. The maximum Gasteiger partial charge on any atom is 0.320 e. The van der Waals surface area contributed by atoms with Crippen molar-refractivity contribution in [3.05, 3.63) is 15.9 Å². The molecule has 0 aromatic carbocycles. The van der Waals surface area contributed by atoms with Gasteiger partial charge in [-0.3, -0.25) is 0 Å². The van der Waals surface area contributed by atoms with Crippen LogP contribution in [0.15, 0.2) is 20.1 Å². The number of thiophene rings is 1. The highest BCUT2D eigenvalue weighted by Crippen LogP contribution is 2.28. The fourth-order valence-electron chi connectivity index (χ4n) is 0.806. The van der Waals surface area contributed by atoms with Gasteiger partial charge in [0, 0.05) is 4.47 Å². The van der Waals surface area contributed by atoms with Gasteiger partial charge in [-0.1, -0.05) is 0 Å². The van der Waals surface area contributed by atoms with Gasteiger partial charge in [0.15, 0.2) is 0 Å². The van der Waals surface area contributed by atoms with Gasteiger partial charge in [-0.2, -0.15) is 8.78 Å². The van der Waals surface area contributed by atoms with E-state index in [0.717, 1.165) is 11.3 Å². The Hall–Kier alpha value is -0.190. The molecule has 98 valence electrons. The number of sulfonamides is 1. The third-order valence-electron chi connectivity index (χ3n) is 1.65. The zero-order valence-electron chi connectivity index (χ0n) is 7.96. The van der Waals surface area contributed by atoms with E-state index < -0.39 is 28.9 Å². The second kappa shape index (κ2) is 5.21. The van der Waals surface area contributed by atoms with Gasteiger partial charge in [0.05, 0.1) is 6.54 Å². The molecule has 0 radical (unpaired) electrons. The summed E-state index contributed by atoms with van der Waals surface area (Å²) in [6.07, 6.45) is -3.92. The standard InChI is InChI=1S/C7H6BrF4NO2S2/c8-4-1-2-16-5(4)17(14,15)13-3-7(11,12)6(9)10/h1-2,6,13H,3H2. The lowest BCUT2D eigenvalue weighted by Gasteiger charge is -2.15. The van der Waals surface area contributed by atoms with E-state index in [1.54, 1.807) is 0 Å². The molecule has 0 bridgehead atoms. The van der Waals surface area contributed by atoms with Gasteiger partial charge >= 0.3 is 12.3 Å². The SMILES string of the molecule is O=S(=O)(NCC(F)(F)C(F)F)c1sccc1Br. The number of halogens is 5. The number of hydrogen-bond donors (Lipinski definition) is 1. The van der Waals surface area contributed by atoms with Crippen molar-refractivity contribution in [1.82, 2.24) is 4.72 Å². The maximum atomic E-state index is 12.5. The molecule has 1 heterocycles. The van der Waals surface area contributed by atoms with Crippen molar-refractivity contribution in [1.29, 1.82) is 0 Å². The molecule has 0 aliphatic rings. The Balaban J connectivity index is 2.80. The number of hydrogen-bond acceptors (Lipinski definition) is 3. The molecule has 1 aromatic heterocycles. The second-order valence-electron chi connectivity index (χ2n) is 2.94. The monoisotopic (exact) mass is 355 g/mol. The van der Waals surface area contributed by atoms with Crippen molar-refractivity contribution in [3.63, 3.8) is 0 Å². The highest BCUT2D eigenvalue weighted by Gasteiger charge is 2.41. The van der Waals surface area contributed by atoms with E-state index in [-0.39, 0.29) is 8.68 Å². The lowest BCUT2D eigenvalue weighted by atomic mass is 10.4. The Morgan fingerprint density at radius 1 is 1.47 bits per heavy atom. The van der Waals surface area contributed by atoms with Gasteiger partial charge in [0.2, 0.25) is 0 Å². The van der Waals surface area contributed by atoms with Crippen LogP contribution < -0.4 is 4.72 Å². The average molecular weight is 356 g/mol. The van der Waals surface area contributed by atoms with E-state index in [4.69, 9.17) is 0 Å². The minimum absolute atomic E-state index is 0.190. The molecule has 0 aliphatic heterocycles. The summed E-state index contributed by atoms with van der Waals surface area (Å²) in [5.74, 6) is -4.39. The molecule has 0 aliphatic carbocycles. The topological polar surface area (TPSA) is 46.2 Å². The van der Waals surface area contributed by atoms with Crippen LogP contribution in [0.4, 0.5) is 17.6 Å². The van der Waals surface area contributed by atoms with E-state index in [2.05, 4.69) is 15.9 Å². The van der Waals surface area contributed by atoms with E-state index in [1.807, 2.05) is 0 Å². The van der Waals surface area contributed by atoms with Crippen LogP contribution in [0, 0.1) is 0 Å². The predicted octanol–water partition coefficient (Wildman–Crippen LogP) is 2.69. The van der Waals surface area contributed by atoms with Crippen LogP contribution >= 0.6 is 27.3 Å². The Morgan fingerprint density at radius 3 is 2.47 bits per heavy atom. The van der Waals surface area contributed by atoms with Crippen LogP contribution in [0.5, 0.6) is 0 Å². The van der Waals surface area contributed by atoms with Crippen molar-refractivity contribution in [2.45, 2.75) is 16.6 Å². The fourth-order valence-corrected chi connectivity index (χ4v) is 4.23. The van der Waals surface area contributed by atoms with Crippen LogP contribution in [0.25, 0.3) is 0 Å². The molecular formula is C7H6BrF4NO2S2. The summed E-state index contributed by atoms with van der Waals surface area (Å²) in [6.45, 7) is -1.64. The van der Waals surface area contributed by atoms with Crippen molar-refractivity contribution < 1.29 is 26.0 Å². The third kappa shape index (κ3) is 3.63. The number of rotatable bonds is 5. The fraction of sp³-hybridized carbons (Fsp3) is 0.429. The molecule has 1 rings (SSSR count). The normalized spacial score (nSPS) is 13.3. The summed E-state index contributed by atoms with van der Waals surface area (Å²) in [7, 11) is -4.21. The molecule has 0 atom stereocenters. The average Bonchev–Trinajstić information content (AvgIpc) is 2.62. The van der Waals surface area contributed by atoms with Gasteiger partial charge < -0.3 is 0 Å². The molecular weight excluding hydrogens is 350 g/mol. The van der Waals surface area contributed by atoms with Crippen molar-refractivity contribution >= 4 is 37.3 Å². The van der Waals surface area contributed by atoms with Crippen molar-refractivity contribution in [2.24, 2.45) is 0 Å². The highest BCUT2D eigenvalue weighted by molar-refractivity contribution is 9.10. The van der Waals surface area contributed by atoms with Crippen LogP contribution in [0.1, 0.15) is 0 Å². The zero-order chi connectivity index (χ0) is 13.3. The molecule has 17 heavy (non-hydrogen) atoms. The van der Waals surface area contributed by atoms with Gasteiger partial charge in [-0.25, -0.2) is 21.9 Å². The zero-order valence-corrected chi connectivity index (χ0v) is 11.2. The predicted molar refractivity (Wildman–Crippen MR) is 58.2 cm³/mol. The molecule has 0 amide bonds. The molecule has 3 nitrogen and oxygen atoms in total. The van der Waals surface area contributed by atoms with Crippen LogP contribution in [0.2, 0.25) is 0 Å². The van der Waals surface area contributed by atoms with E-state index in [9.17, 15) is 26.0 Å². The first kappa shape index (κ1) is 14.9. The van der Waals surface area contributed by atoms with Gasteiger partial charge in [-0.05, 0) is 27.4 Å². The van der Waals surface area contributed by atoms with Gasteiger partial charge in [-0.15, -0.1) is 11.3 Å². The Kier molecular flexibility index (Phi) is 4.55. The molecule has 0 saturated heterocycles. The summed E-state index contributed by atoms with van der Waals surface area (Å²) in [6, 6.07) is 1.41. The minimum atomic E-state index is -4.39. The summed E-state index contributed by atoms with van der Waals surface area (Å²) < 4.78 is 73.1. The third-order valence-corrected chi connectivity index (χ3v) is 5.72. The molecule has 1 aromatic rings. The molecule has 0 unspecified atom stereocenters. The summed E-state index contributed by atoms with van der Waals surface area (Å²) in [4.78, 5) is 0. The van der Waals surface area contributed by atoms with Crippen LogP contribution in [-0.4, -0.2) is 27.3 Å². The lowest BCUT2D eigenvalue weighted by molar-refractivity contribution is -0.122. The highest BCUT2D eigenvalue weighted by atomic mass is 79.9. The van der Waals surface area contributed by atoms with Gasteiger partial charge in [0.1, 0.15) is 4.21 Å². The van der Waals surface area contributed by atoms with Gasteiger partial charge in [0.25, 0.3) is 10.0 Å². The minimum Gasteiger partial charge on any atom is -0.206 e. The summed E-state index contributed by atoms with van der Waals surface area (Å²) in [5, 5.41) is 1.42. The van der Waals surface area contributed by atoms with Crippen molar-refractivity contribution in [3.8, 4) is 0 Å². The van der Waals surface area contributed by atoms with E-state index >= 15 is 0 Å². The number of alkyl halides is 4. The molecule has 1 N–H and O–H groups in total. The summed E-state index contributed by atoms with van der Waals surface area (Å²) in [5.41, 5.74) is 0. The Morgan fingerprint density at radius 2 is 2.06 bits per heavy atom. The molecule has 0 fully saturated rings. The van der Waals surface area contributed by atoms with Crippen molar-refractivity contribution in [2.75, 3.05) is 6.54 Å². The largest absolute Gasteiger partial charge is 0.320 e. The van der Waals surface area contributed by atoms with Crippen LogP contribution in [0.3, 0.4) is 0 Å². The molecule has 0 spiro atoms. The quantitative estimate of drug-likeness (QED) is 0.825. The molecule has 10 heteroatoms. The first-order valence-electron chi connectivity index (χ1n) is 4.05. The first-order valence-corrected chi connectivity index (χ1v) is 7.21. The maximum absolute atomic E-state index is 12.5. The Labute approximate surface area is 107 Å². The smallest absolute Gasteiger partial charge is 0.206 e.